The van der Waals surface area contributed by atoms with Gasteiger partial charge in [0.05, 0.1) is 6.04 Å². The molecule has 3 amide bonds. The molecular weight excluding hydrogens is 554 g/mol. The van der Waals surface area contributed by atoms with E-state index in [-0.39, 0.29) is 35.9 Å². The summed E-state index contributed by atoms with van der Waals surface area (Å²) in [6.07, 6.45) is 6.58. The Balaban J connectivity index is 1.67. The number of likely N-dealkylation sites (N-methyl/N-ethyl adjacent to an activating group) is 1. The largest absolute Gasteiger partial charge is 0.444 e. The minimum absolute atomic E-state index is 0.0520. The van der Waals surface area contributed by atoms with Gasteiger partial charge in [-0.25, -0.2) is 9.80 Å². The minimum atomic E-state index is -0.584. The second-order valence-electron chi connectivity index (χ2n) is 13.4. The first-order chi connectivity index (χ1) is 19.7. The number of hydrogen-bond acceptors (Lipinski definition) is 6. The summed E-state index contributed by atoms with van der Waals surface area (Å²) < 4.78 is 5.49. The van der Waals surface area contributed by atoms with Gasteiger partial charge in [0.2, 0.25) is 5.91 Å². The maximum atomic E-state index is 13.7. The Hall–Kier alpha value is -2.36. The highest BCUT2D eigenvalue weighted by molar-refractivity contribution is 6.30. The monoisotopic (exact) mass is 605 g/mol. The summed E-state index contributed by atoms with van der Waals surface area (Å²) in [6.45, 7) is 13.1. The summed E-state index contributed by atoms with van der Waals surface area (Å²) in [7, 11) is 1.70. The highest BCUT2D eigenvalue weighted by Crippen LogP contribution is 2.28. The molecule has 1 saturated heterocycles. The highest BCUT2D eigenvalue weighted by atomic mass is 35.5. The molecule has 1 aromatic carbocycles. The van der Waals surface area contributed by atoms with Crippen molar-refractivity contribution in [2.75, 3.05) is 26.7 Å². The Morgan fingerprint density at radius 3 is 2.26 bits per heavy atom. The molecule has 0 radical (unpaired) electrons. The van der Waals surface area contributed by atoms with Crippen molar-refractivity contribution in [3.8, 4) is 0 Å². The van der Waals surface area contributed by atoms with Crippen molar-refractivity contribution in [2.24, 2.45) is 5.92 Å². The molecule has 236 valence electrons. The third-order valence-corrected chi connectivity index (χ3v) is 8.20. The van der Waals surface area contributed by atoms with Crippen LogP contribution in [-0.4, -0.2) is 89.2 Å². The average molecular weight is 606 g/mol. The summed E-state index contributed by atoms with van der Waals surface area (Å²) in [6, 6.07) is 7.15. The maximum Gasteiger partial charge on any atom is 0.410 e. The molecule has 10 heteroatoms. The predicted octanol–water partition coefficient (Wildman–Crippen LogP) is 5.02. The van der Waals surface area contributed by atoms with Gasteiger partial charge in [0.25, 0.3) is 5.91 Å². The second-order valence-corrected chi connectivity index (χ2v) is 13.8. The molecule has 2 fully saturated rings. The minimum Gasteiger partial charge on any atom is -0.444 e. The van der Waals surface area contributed by atoms with Gasteiger partial charge in [-0.1, -0.05) is 56.8 Å². The van der Waals surface area contributed by atoms with Crippen LogP contribution < -0.4 is 10.7 Å². The molecule has 1 saturated carbocycles. The average Bonchev–Trinajstić information content (AvgIpc) is 3.36. The lowest BCUT2D eigenvalue weighted by Crippen LogP contribution is -2.56. The first kappa shape index (κ1) is 34.1. The van der Waals surface area contributed by atoms with Crippen molar-refractivity contribution in [2.45, 2.75) is 116 Å². The fourth-order valence-corrected chi connectivity index (χ4v) is 6.05. The van der Waals surface area contributed by atoms with Crippen molar-refractivity contribution < 1.29 is 19.1 Å². The Morgan fingerprint density at radius 1 is 1.02 bits per heavy atom. The van der Waals surface area contributed by atoms with Crippen LogP contribution >= 0.6 is 11.6 Å². The summed E-state index contributed by atoms with van der Waals surface area (Å²) >= 11 is 6.10. The van der Waals surface area contributed by atoms with E-state index in [1.807, 2.05) is 70.8 Å². The first-order valence-electron chi connectivity index (χ1n) is 15.6. The molecule has 0 bridgehead atoms. The Labute approximate surface area is 257 Å². The van der Waals surface area contributed by atoms with Crippen LogP contribution in [0.4, 0.5) is 4.79 Å². The van der Waals surface area contributed by atoms with E-state index >= 15 is 0 Å². The third kappa shape index (κ3) is 10.4. The number of benzene rings is 1. The zero-order valence-corrected chi connectivity index (χ0v) is 27.4. The molecule has 2 aliphatic rings. The number of ether oxygens (including phenoxy) is 1. The van der Waals surface area contributed by atoms with Crippen LogP contribution in [0.3, 0.4) is 0 Å². The van der Waals surface area contributed by atoms with E-state index in [1.54, 1.807) is 7.05 Å². The van der Waals surface area contributed by atoms with Crippen LogP contribution in [0.25, 0.3) is 0 Å². The molecule has 3 atom stereocenters. The van der Waals surface area contributed by atoms with Crippen LogP contribution in [0.5, 0.6) is 0 Å². The summed E-state index contributed by atoms with van der Waals surface area (Å²) in [5.41, 5.74) is 3.53. The molecule has 2 N–H and O–H groups in total. The molecule has 1 aromatic rings. The summed E-state index contributed by atoms with van der Waals surface area (Å²) in [4.78, 5) is 43.2. The molecule has 1 aliphatic carbocycles. The van der Waals surface area contributed by atoms with Crippen molar-refractivity contribution in [3.05, 3.63) is 34.9 Å². The topological polar surface area (TPSA) is 94.2 Å². The van der Waals surface area contributed by atoms with Gasteiger partial charge in [-0.15, -0.1) is 0 Å². The van der Waals surface area contributed by atoms with Gasteiger partial charge in [-0.2, -0.15) is 0 Å². The standard InChI is InChI=1S/C32H52ClN5O4/c1-22(2)30(40)38(26-11-9-8-10-12-26)27-17-18-37(21-27)35-29(39)28(19-24-13-15-25(33)16-14-24)34-23(3)20-36(7)31(41)42-32(4,5)6/h13-16,22-23,26-28,34H,8-12,17-21H2,1-7H3,(H,35,39)/t23?,27-,28+/m0/s1. The van der Waals surface area contributed by atoms with Crippen LogP contribution in [-0.2, 0) is 20.7 Å². The lowest BCUT2D eigenvalue weighted by Gasteiger charge is -2.39. The van der Waals surface area contributed by atoms with E-state index in [4.69, 9.17) is 16.3 Å². The van der Waals surface area contributed by atoms with E-state index < -0.39 is 17.7 Å². The first-order valence-corrected chi connectivity index (χ1v) is 15.9. The molecular formula is C32H52ClN5O4. The van der Waals surface area contributed by atoms with Crippen molar-refractivity contribution in [1.82, 2.24) is 25.6 Å². The number of rotatable bonds is 11. The van der Waals surface area contributed by atoms with E-state index in [0.29, 0.717) is 31.1 Å². The molecule has 42 heavy (non-hydrogen) atoms. The van der Waals surface area contributed by atoms with Crippen molar-refractivity contribution >= 4 is 29.5 Å². The third-order valence-electron chi connectivity index (χ3n) is 7.95. The molecule has 1 aliphatic heterocycles. The molecule has 9 nitrogen and oxygen atoms in total. The van der Waals surface area contributed by atoms with Crippen LogP contribution in [0.15, 0.2) is 24.3 Å². The smallest absolute Gasteiger partial charge is 0.410 e. The SMILES string of the molecule is CC(CN(C)C(=O)OC(C)(C)C)N[C@H](Cc1ccc(Cl)cc1)C(=O)NN1CC[C@H](N(C(=O)C(C)C)C2CCCCC2)C1. The number of hydrogen-bond donors (Lipinski definition) is 2. The Bertz CT molecular complexity index is 1040. The van der Waals surface area contributed by atoms with Gasteiger partial charge in [0.15, 0.2) is 0 Å². The molecule has 3 rings (SSSR count). The summed E-state index contributed by atoms with van der Waals surface area (Å²) in [5, 5.41) is 6.04. The number of halogens is 1. The number of hydrazine groups is 1. The fourth-order valence-electron chi connectivity index (χ4n) is 5.92. The van der Waals surface area contributed by atoms with Crippen molar-refractivity contribution in [1.29, 1.82) is 0 Å². The molecule has 0 aromatic heterocycles. The molecule has 1 unspecified atom stereocenters. The zero-order chi connectivity index (χ0) is 31.0. The van der Waals surface area contributed by atoms with Crippen LogP contribution in [0, 0.1) is 5.92 Å². The van der Waals surface area contributed by atoms with Gasteiger partial charge in [0.1, 0.15) is 5.60 Å². The highest BCUT2D eigenvalue weighted by Gasteiger charge is 2.37. The van der Waals surface area contributed by atoms with Gasteiger partial charge in [-0.3, -0.25) is 15.0 Å². The van der Waals surface area contributed by atoms with Crippen LogP contribution in [0.2, 0.25) is 5.02 Å². The molecule has 1 heterocycles. The maximum absolute atomic E-state index is 13.7. The number of carbonyl (C=O) groups excluding carboxylic acids is 3. The number of carbonyl (C=O) groups is 3. The van der Waals surface area contributed by atoms with Gasteiger partial charge in [-0.05, 0) is 71.1 Å². The number of nitrogens with zero attached hydrogens (tertiary/aromatic N) is 3. The molecule has 0 spiro atoms. The quantitative estimate of drug-likeness (QED) is 0.368. The predicted molar refractivity (Wildman–Crippen MR) is 167 cm³/mol. The fraction of sp³-hybridized carbons (Fsp3) is 0.719. The van der Waals surface area contributed by atoms with E-state index in [2.05, 4.69) is 15.6 Å². The normalized spacial score (nSPS) is 19.8. The number of nitrogens with one attached hydrogen (secondary N) is 2. The van der Waals surface area contributed by atoms with E-state index in [1.165, 1.54) is 24.2 Å². The lowest BCUT2D eigenvalue weighted by atomic mass is 9.92. The Morgan fingerprint density at radius 2 is 1.67 bits per heavy atom. The van der Waals surface area contributed by atoms with Gasteiger partial charge < -0.3 is 19.9 Å². The Kier molecular flexibility index (Phi) is 12.5. The zero-order valence-electron chi connectivity index (χ0n) is 26.6. The lowest BCUT2D eigenvalue weighted by molar-refractivity contribution is -0.140. The van der Waals surface area contributed by atoms with Gasteiger partial charge >= 0.3 is 6.09 Å². The second kappa shape index (κ2) is 15.4. The van der Waals surface area contributed by atoms with Crippen LogP contribution in [0.1, 0.15) is 85.6 Å². The number of amides is 3. The van der Waals surface area contributed by atoms with E-state index in [9.17, 15) is 14.4 Å². The van der Waals surface area contributed by atoms with E-state index in [0.717, 1.165) is 24.8 Å². The van der Waals surface area contributed by atoms with Gasteiger partial charge in [0, 0.05) is 55.7 Å². The summed E-state index contributed by atoms with van der Waals surface area (Å²) in [5.74, 6) is 0.0193. The van der Waals surface area contributed by atoms with Crippen molar-refractivity contribution in [3.63, 3.8) is 0 Å².